The van der Waals surface area contributed by atoms with Crippen molar-refractivity contribution in [2.45, 2.75) is 38.1 Å². The van der Waals surface area contributed by atoms with E-state index in [9.17, 15) is 36.4 Å². The Hall–Kier alpha value is -4.67. The first-order valence-corrected chi connectivity index (χ1v) is 13.8. The van der Waals surface area contributed by atoms with E-state index >= 15 is 0 Å². The first-order valence-electron chi connectivity index (χ1n) is 12.3. The third-order valence-corrected chi connectivity index (χ3v) is 7.41. The number of nitrogens with one attached hydrogen (secondary N) is 1. The number of esters is 1. The van der Waals surface area contributed by atoms with Gasteiger partial charge in [-0.1, -0.05) is 29.8 Å². The molecule has 2 aromatic carbocycles. The molecule has 0 saturated carbocycles. The highest BCUT2D eigenvalue weighted by atomic mass is 32.2. The van der Waals surface area contributed by atoms with Crippen LogP contribution in [0.3, 0.4) is 0 Å². The van der Waals surface area contributed by atoms with Crippen LogP contribution < -0.4 is 4.72 Å². The lowest BCUT2D eigenvalue weighted by Crippen LogP contribution is -2.56. The molecular weight excluding hydrogens is 585 g/mol. The number of benzene rings is 2. The van der Waals surface area contributed by atoms with Crippen LogP contribution in [0.4, 0.5) is 13.2 Å². The van der Waals surface area contributed by atoms with E-state index in [1.165, 1.54) is 19.1 Å². The Labute approximate surface area is 237 Å². The topological polar surface area (TPSA) is 158 Å². The summed E-state index contributed by atoms with van der Waals surface area (Å²) >= 11 is 0. The smallest absolute Gasteiger partial charge is 0.435 e. The van der Waals surface area contributed by atoms with Crippen LogP contribution in [0.15, 0.2) is 64.8 Å². The lowest BCUT2D eigenvalue weighted by molar-refractivity contribution is -0.727. The maximum Gasteiger partial charge on any atom is 0.435 e. The molecule has 0 radical (unpaired) electrons. The Morgan fingerprint density at radius 2 is 1.76 bits per heavy atom. The van der Waals surface area contributed by atoms with E-state index in [4.69, 9.17) is 4.84 Å². The largest absolute Gasteiger partial charge is 0.569 e. The van der Waals surface area contributed by atoms with E-state index in [0.29, 0.717) is 5.56 Å². The van der Waals surface area contributed by atoms with Crippen molar-refractivity contribution in [1.82, 2.24) is 19.5 Å². The average molecular weight is 611 g/mol. The van der Waals surface area contributed by atoms with Gasteiger partial charge in [-0.05, 0) is 37.3 Å². The lowest BCUT2D eigenvalue weighted by atomic mass is 10.0. The van der Waals surface area contributed by atoms with Crippen LogP contribution in [0, 0.1) is 18.0 Å². The molecule has 0 bridgehead atoms. The van der Waals surface area contributed by atoms with Gasteiger partial charge in [-0.3, -0.25) is 14.4 Å². The van der Waals surface area contributed by atoms with Crippen LogP contribution in [0.2, 0.25) is 0 Å². The zero-order valence-corrected chi connectivity index (χ0v) is 23.2. The first kappa shape index (κ1) is 30.3. The number of hydrazine groups is 1. The van der Waals surface area contributed by atoms with Crippen LogP contribution >= 0.6 is 0 Å². The van der Waals surface area contributed by atoms with Gasteiger partial charge >= 0.3 is 12.1 Å². The van der Waals surface area contributed by atoms with Crippen molar-refractivity contribution in [2.75, 3.05) is 13.1 Å². The number of rotatable bonds is 9. The minimum Gasteiger partial charge on any atom is -0.569 e. The van der Waals surface area contributed by atoms with Gasteiger partial charge in [0, 0.05) is 19.4 Å². The van der Waals surface area contributed by atoms with Gasteiger partial charge < -0.3 is 9.94 Å². The molecule has 4 rings (SSSR count). The highest BCUT2D eigenvalue weighted by molar-refractivity contribution is 7.90. The Morgan fingerprint density at radius 1 is 1.14 bits per heavy atom. The summed E-state index contributed by atoms with van der Waals surface area (Å²) in [5, 5.41) is 19.8. The molecule has 1 unspecified atom stereocenters. The van der Waals surface area contributed by atoms with Gasteiger partial charge in [0.1, 0.15) is 0 Å². The van der Waals surface area contributed by atoms with Gasteiger partial charge in [-0.25, -0.2) is 17.8 Å². The minimum absolute atomic E-state index is 0.0430. The molecule has 1 aromatic heterocycles. The minimum atomic E-state index is -4.71. The van der Waals surface area contributed by atoms with Crippen LogP contribution in [-0.4, -0.2) is 59.4 Å². The van der Waals surface area contributed by atoms with Crippen molar-refractivity contribution >= 4 is 21.9 Å². The molecule has 1 fully saturated rings. The molecule has 0 aliphatic carbocycles. The summed E-state index contributed by atoms with van der Waals surface area (Å²) in [5.74, 6) is -2.38. The van der Waals surface area contributed by atoms with Gasteiger partial charge in [0.05, 0.1) is 40.3 Å². The Kier molecular flexibility index (Phi) is 8.42. The van der Waals surface area contributed by atoms with Gasteiger partial charge in [0.2, 0.25) is 11.2 Å². The summed E-state index contributed by atoms with van der Waals surface area (Å²) in [6.45, 7) is 3.98. The maximum absolute atomic E-state index is 13.5. The molecule has 1 aliphatic heterocycles. The number of nitrogens with zero attached hydrogens (tertiary/aromatic N) is 5. The Bertz CT molecular complexity index is 1600. The monoisotopic (exact) mass is 610 g/mol. The molecule has 1 atom stereocenters. The SMILES string of the molecule is CC(=O)OC(C)ON=[N+]([O-])N1CC(C(=O)NS(=O)(=O)c2ccc(-n3nc(C(F)(F)F)cc3-c3ccc(C)cc3)cc2)C1. The number of halogens is 3. The van der Waals surface area contributed by atoms with Gasteiger partial charge in [0.25, 0.3) is 16.3 Å². The summed E-state index contributed by atoms with van der Waals surface area (Å²) in [5.41, 5.74) is 0.563. The fraction of sp³-hybridized carbons (Fsp3) is 0.320. The maximum atomic E-state index is 13.5. The molecule has 3 aromatic rings. The van der Waals surface area contributed by atoms with Gasteiger partial charge in [-0.15, -0.1) is 5.01 Å². The number of sulfonamides is 1. The first-order chi connectivity index (χ1) is 19.6. The molecule has 13 nitrogen and oxygen atoms in total. The molecule has 1 saturated heterocycles. The molecular formula is C25H25F3N6O7S. The molecule has 1 amide bonds. The second-order valence-corrected chi connectivity index (χ2v) is 11.0. The van der Waals surface area contributed by atoms with Crippen molar-refractivity contribution < 1.29 is 45.7 Å². The van der Waals surface area contributed by atoms with E-state index in [0.717, 1.165) is 40.4 Å². The second kappa shape index (κ2) is 11.7. The Balaban J connectivity index is 1.44. The zero-order valence-electron chi connectivity index (χ0n) is 22.4. The van der Waals surface area contributed by atoms with E-state index < -0.39 is 46.0 Å². The highest BCUT2D eigenvalue weighted by Gasteiger charge is 2.40. The molecule has 42 heavy (non-hydrogen) atoms. The predicted molar refractivity (Wildman–Crippen MR) is 137 cm³/mol. The van der Waals surface area contributed by atoms with E-state index in [-0.39, 0.29) is 34.3 Å². The van der Waals surface area contributed by atoms with Crippen LogP contribution in [0.25, 0.3) is 16.9 Å². The average Bonchev–Trinajstić information content (AvgIpc) is 3.33. The summed E-state index contributed by atoms with van der Waals surface area (Å²) in [4.78, 5) is 27.8. The van der Waals surface area contributed by atoms with Gasteiger partial charge in [0.15, 0.2) is 5.69 Å². The standard InChI is InChI=1S/C25H25F3N6O7S/c1-15-4-6-18(7-5-15)22-12-23(25(26,27)28)29-33(22)20-8-10-21(11-9-20)42(38,39)30-24(36)19-13-32(14-19)34(37)31-41-17(3)40-16(2)35/h4-12,17,19H,13-14H2,1-3H3,(H,30,36). The molecule has 1 aliphatic rings. The van der Waals surface area contributed by atoms with Crippen molar-refractivity contribution in [1.29, 1.82) is 0 Å². The van der Waals surface area contributed by atoms with Crippen molar-refractivity contribution in [3.05, 3.63) is 71.1 Å². The third kappa shape index (κ3) is 6.96. The molecule has 224 valence electrons. The second-order valence-electron chi connectivity index (χ2n) is 9.34. The van der Waals surface area contributed by atoms with E-state index in [1.54, 1.807) is 24.3 Å². The molecule has 2 heterocycles. The number of hydrogen-bond donors (Lipinski definition) is 1. The quantitative estimate of drug-likeness (QED) is 0.126. The number of ether oxygens (including phenoxy) is 1. The zero-order chi connectivity index (χ0) is 30.8. The third-order valence-electron chi connectivity index (χ3n) is 6.05. The number of carbonyl (C=O) groups is 2. The van der Waals surface area contributed by atoms with Crippen molar-refractivity contribution in [3.63, 3.8) is 0 Å². The summed E-state index contributed by atoms with van der Waals surface area (Å²) in [6.07, 6.45) is -5.83. The fourth-order valence-corrected chi connectivity index (χ4v) is 4.91. The van der Waals surface area contributed by atoms with Crippen LogP contribution in [0.5, 0.6) is 0 Å². The predicted octanol–water partition coefficient (Wildman–Crippen LogP) is 3.32. The van der Waals surface area contributed by atoms with Crippen molar-refractivity contribution in [2.24, 2.45) is 11.2 Å². The molecule has 17 heteroatoms. The van der Waals surface area contributed by atoms with Crippen molar-refractivity contribution in [3.8, 4) is 16.9 Å². The van der Waals surface area contributed by atoms with Gasteiger partial charge in [-0.2, -0.15) is 18.3 Å². The van der Waals surface area contributed by atoms with E-state index in [2.05, 4.69) is 15.1 Å². The van der Waals surface area contributed by atoms with Crippen LogP contribution in [0.1, 0.15) is 25.1 Å². The number of aryl methyl sites for hydroxylation is 1. The molecule has 0 spiro atoms. The summed E-state index contributed by atoms with van der Waals surface area (Å²) in [7, 11) is -4.35. The summed E-state index contributed by atoms with van der Waals surface area (Å²) in [6, 6.07) is 12.5. The fourth-order valence-electron chi connectivity index (χ4n) is 3.86. The normalized spacial score (nSPS) is 15.1. The number of amides is 1. The Morgan fingerprint density at radius 3 is 2.33 bits per heavy atom. The van der Waals surface area contributed by atoms with E-state index in [1.807, 2.05) is 11.6 Å². The number of hydrogen-bond acceptors (Lipinski definition) is 9. The lowest BCUT2D eigenvalue weighted by Gasteiger charge is -2.32. The van der Waals surface area contributed by atoms with Crippen LogP contribution in [-0.2, 0) is 35.4 Å². The molecule has 1 N–H and O–H groups in total. The highest BCUT2D eigenvalue weighted by Crippen LogP contribution is 2.33. The number of carbonyl (C=O) groups excluding carboxylic acids is 2. The number of alkyl halides is 3. The number of aromatic nitrogens is 2. The summed E-state index contributed by atoms with van der Waals surface area (Å²) < 4.78 is 73.6.